The maximum absolute atomic E-state index is 13.6. The monoisotopic (exact) mass is 493 g/mol. The number of hydrogen-bond acceptors (Lipinski definition) is 6. The number of fused-ring (bicyclic) bond motifs is 1. The number of aromatic nitrogens is 5. The molecule has 0 saturated heterocycles. The van der Waals surface area contributed by atoms with Crippen LogP contribution >= 0.6 is 11.3 Å². The predicted molar refractivity (Wildman–Crippen MR) is 137 cm³/mol. The second-order valence-electron chi connectivity index (χ2n) is 7.96. The molecule has 0 unspecified atom stereocenters. The van der Waals surface area contributed by atoms with Gasteiger partial charge in [-0.2, -0.15) is 19.7 Å². The van der Waals surface area contributed by atoms with Crippen LogP contribution in [0.15, 0.2) is 101 Å². The predicted octanol–water partition coefficient (Wildman–Crippen LogP) is 3.72. The van der Waals surface area contributed by atoms with Crippen LogP contribution in [0.25, 0.3) is 39.2 Å². The molecule has 0 atom stereocenters. The van der Waals surface area contributed by atoms with E-state index in [2.05, 4.69) is 10.1 Å². The molecular formula is C27H16FN5O2S. The Balaban J connectivity index is 1.55. The number of benzene rings is 3. The molecule has 0 bridgehead atoms. The Kier molecular flexibility index (Phi) is 5.31. The molecule has 6 rings (SSSR count). The molecule has 9 heteroatoms. The van der Waals surface area contributed by atoms with Crippen molar-refractivity contribution in [1.29, 1.82) is 0 Å². The zero-order valence-electron chi connectivity index (χ0n) is 18.6. The molecule has 36 heavy (non-hydrogen) atoms. The zero-order chi connectivity index (χ0) is 24.6. The van der Waals surface area contributed by atoms with E-state index in [1.807, 2.05) is 36.4 Å². The molecular weight excluding hydrogens is 477 g/mol. The van der Waals surface area contributed by atoms with E-state index in [1.165, 1.54) is 12.1 Å². The highest BCUT2D eigenvalue weighted by molar-refractivity contribution is 7.15. The molecule has 0 spiro atoms. The number of hydrogen-bond donors (Lipinski definition) is 0. The lowest BCUT2D eigenvalue weighted by Gasteiger charge is -2.00. The van der Waals surface area contributed by atoms with Crippen LogP contribution in [0.4, 0.5) is 4.39 Å². The lowest BCUT2D eigenvalue weighted by atomic mass is 10.1. The van der Waals surface area contributed by atoms with E-state index in [1.54, 1.807) is 53.4 Å². The summed E-state index contributed by atoms with van der Waals surface area (Å²) >= 11 is 1.07. The topological polar surface area (TPSA) is 82.1 Å². The Morgan fingerprint density at radius 3 is 2.17 bits per heavy atom. The van der Waals surface area contributed by atoms with Crippen LogP contribution in [-0.2, 0) is 0 Å². The van der Waals surface area contributed by atoms with Crippen molar-refractivity contribution in [3.8, 4) is 28.2 Å². The minimum absolute atomic E-state index is 0.110. The molecule has 0 aliphatic heterocycles. The highest BCUT2D eigenvalue weighted by Gasteiger charge is 2.15. The highest BCUT2D eigenvalue weighted by atomic mass is 32.1. The van der Waals surface area contributed by atoms with Crippen LogP contribution in [0, 0.1) is 5.82 Å². The quantitative estimate of drug-likeness (QED) is 0.374. The first kappa shape index (κ1) is 21.8. The number of nitrogens with zero attached hydrogens (tertiary/aromatic N) is 5. The van der Waals surface area contributed by atoms with Crippen molar-refractivity contribution >= 4 is 22.4 Å². The van der Waals surface area contributed by atoms with Gasteiger partial charge in [-0.25, -0.2) is 9.07 Å². The molecule has 0 aliphatic carbocycles. The summed E-state index contributed by atoms with van der Waals surface area (Å²) < 4.78 is 16.8. The minimum atomic E-state index is -0.502. The Labute approximate surface area is 207 Å². The summed E-state index contributed by atoms with van der Waals surface area (Å²) in [5.74, 6) is -0.352. The molecule has 0 saturated carbocycles. The van der Waals surface area contributed by atoms with E-state index in [0.29, 0.717) is 26.9 Å². The fraction of sp³-hybridized carbons (Fsp3) is 0. The van der Waals surface area contributed by atoms with Gasteiger partial charge in [0.2, 0.25) is 4.96 Å². The van der Waals surface area contributed by atoms with Crippen molar-refractivity contribution in [1.82, 2.24) is 24.4 Å². The van der Waals surface area contributed by atoms with E-state index in [-0.39, 0.29) is 16.5 Å². The minimum Gasteiger partial charge on any atom is -0.266 e. The Hall–Kier alpha value is -4.76. The molecule has 0 fully saturated rings. The van der Waals surface area contributed by atoms with Gasteiger partial charge in [0.25, 0.3) is 5.56 Å². The average Bonchev–Trinajstić information content (AvgIpc) is 3.46. The van der Waals surface area contributed by atoms with Crippen LogP contribution in [0.2, 0.25) is 0 Å². The van der Waals surface area contributed by atoms with Crippen LogP contribution in [0.5, 0.6) is 0 Å². The van der Waals surface area contributed by atoms with Crippen molar-refractivity contribution in [2.24, 2.45) is 0 Å². The molecule has 3 aromatic heterocycles. The van der Waals surface area contributed by atoms with Crippen LogP contribution in [0.3, 0.4) is 0 Å². The number of thiazole rings is 1. The second kappa shape index (κ2) is 8.79. The van der Waals surface area contributed by atoms with Crippen LogP contribution in [0.1, 0.15) is 5.56 Å². The number of halogens is 1. The fourth-order valence-corrected chi connectivity index (χ4v) is 4.76. The summed E-state index contributed by atoms with van der Waals surface area (Å²) in [5.41, 5.74) is 2.57. The molecule has 0 radical (unpaired) electrons. The molecule has 0 N–H and O–H groups in total. The van der Waals surface area contributed by atoms with Gasteiger partial charge in [-0.1, -0.05) is 59.9 Å². The van der Waals surface area contributed by atoms with Crippen LogP contribution in [-0.4, -0.2) is 24.4 Å². The van der Waals surface area contributed by atoms with E-state index < -0.39 is 11.1 Å². The third-order valence-corrected chi connectivity index (χ3v) is 6.56. The first-order valence-corrected chi connectivity index (χ1v) is 11.8. The van der Waals surface area contributed by atoms with Gasteiger partial charge >= 0.3 is 5.56 Å². The summed E-state index contributed by atoms with van der Waals surface area (Å²) in [7, 11) is 0. The van der Waals surface area contributed by atoms with Crippen molar-refractivity contribution < 1.29 is 4.39 Å². The van der Waals surface area contributed by atoms with Gasteiger partial charge in [-0.05, 0) is 42.5 Å². The second-order valence-corrected chi connectivity index (χ2v) is 8.97. The van der Waals surface area contributed by atoms with Crippen LogP contribution < -0.4 is 15.7 Å². The molecule has 3 heterocycles. The Bertz CT molecular complexity index is 1880. The normalized spacial score (nSPS) is 11.9. The number of para-hydroxylation sites is 1. The van der Waals surface area contributed by atoms with Crippen molar-refractivity contribution in [2.45, 2.75) is 0 Å². The molecule has 6 aromatic rings. The summed E-state index contributed by atoms with van der Waals surface area (Å²) in [6.45, 7) is 0. The van der Waals surface area contributed by atoms with Gasteiger partial charge in [0.05, 0.1) is 10.2 Å². The Morgan fingerprint density at radius 1 is 0.778 bits per heavy atom. The summed E-state index contributed by atoms with van der Waals surface area (Å²) in [4.78, 5) is 30.2. The summed E-state index contributed by atoms with van der Waals surface area (Å²) in [5, 5.41) is 9.01. The fourth-order valence-electron chi connectivity index (χ4n) is 3.87. The summed E-state index contributed by atoms with van der Waals surface area (Å²) in [6.07, 6.45) is 3.50. The maximum atomic E-state index is 13.6. The average molecular weight is 494 g/mol. The van der Waals surface area contributed by atoms with Gasteiger partial charge in [-0.3, -0.25) is 9.59 Å². The maximum Gasteiger partial charge on any atom is 0.300 e. The smallest absolute Gasteiger partial charge is 0.266 e. The lowest BCUT2D eigenvalue weighted by Crippen LogP contribution is -2.26. The molecule has 0 amide bonds. The molecule has 0 aliphatic rings. The number of rotatable bonds is 4. The molecule has 174 valence electrons. The standard InChI is InChI=1S/C27H16FN5O2S/c28-20-13-11-18(12-14-20)23-19(16-32(30-23)21-9-5-2-6-10-21)15-22-26(35)33-27(36-22)29-25(34)24(31-33)17-7-3-1-4-8-17/h1-16H/b22-15-. The molecule has 7 nitrogen and oxygen atoms in total. The van der Waals surface area contributed by atoms with Gasteiger partial charge in [-0.15, -0.1) is 0 Å². The third kappa shape index (κ3) is 3.91. The Morgan fingerprint density at radius 2 is 1.44 bits per heavy atom. The van der Waals surface area contributed by atoms with Gasteiger partial charge < -0.3 is 0 Å². The van der Waals surface area contributed by atoms with Gasteiger partial charge in [0.1, 0.15) is 11.5 Å². The van der Waals surface area contributed by atoms with E-state index in [0.717, 1.165) is 21.5 Å². The van der Waals surface area contributed by atoms with E-state index in [9.17, 15) is 14.0 Å². The lowest BCUT2D eigenvalue weighted by molar-refractivity contribution is 0.628. The van der Waals surface area contributed by atoms with Gasteiger partial charge in [0, 0.05) is 22.9 Å². The van der Waals surface area contributed by atoms with Crippen molar-refractivity contribution in [3.05, 3.63) is 128 Å². The van der Waals surface area contributed by atoms with E-state index >= 15 is 0 Å². The third-order valence-electron chi connectivity index (χ3n) is 5.60. The largest absolute Gasteiger partial charge is 0.300 e. The first-order chi connectivity index (χ1) is 17.6. The van der Waals surface area contributed by atoms with Gasteiger partial charge in [0.15, 0.2) is 5.69 Å². The SMILES string of the molecule is O=c1nc2s/c(=C\c3cn(-c4ccccc4)nc3-c3ccc(F)cc3)c(=O)n2nc1-c1ccccc1. The highest BCUT2D eigenvalue weighted by Crippen LogP contribution is 2.25. The summed E-state index contributed by atoms with van der Waals surface area (Å²) in [6, 6.07) is 24.4. The zero-order valence-corrected chi connectivity index (χ0v) is 19.4. The van der Waals surface area contributed by atoms with Crippen molar-refractivity contribution in [2.75, 3.05) is 0 Å². The van der Waals surface area contributed by atoms with E-state index in [4.69, 9.17) is 5.10 Å². The van der Waals surface area contributed by atoms with Crippen molar-refractivity contribution in [3.63, 3.8) is 0 Å². The molecule has 3 aromatic carbocycles. The first-order valence-electron chi connectivity index (χ1n) is 11.0.